The number of thiazole rings is 1. The number of sulfonamides is 1. The second kappa shape index (κ2) is 8.63. The van der Waals surface area contributed by atoms with Gasteiger partial charge in [-0.1, -0.05) is 47.7 Å². The number of para-hydroxylation sites is 1. The second-order valence-electron chi connectivity index (χ2n) is 8.32. The van der Waals surface area contributed by atoms with Gasteiger partial charge in [-0.05, 0) is 41.8 Å². The van der Waals surface area contributed by atoms with Crippen molar-refractivity contribution >= 4 is 42.6 Å². The number of anilines is 1. The molecule has 35 heavy (non-hydrogen) atoms. The minimum absolute atomic E-state index is 0.0546. The summed E-state index contributed by atoms with van der Waals surface area (Å²) in [5, 5.41) is 3.29. The van der Waals surface area contributed by atoms with Gasteiger partial charge in [0.25, 0.3) is 0 Å². The summed E-state index contributed by atoms with van der Waals surface area (Å²) < 4.78 is 41.0. The van der Waals surface area contributed by atoms with Crippen LogP contribution in [0.3, 0.4) is 0 Å². The third-order valence-corrected chi connectivity index (χ3v) is 8.95. The number of fused-ring (bicyclic) bond motifs is 3. The lowest BCUT2D eigenvalue weighted by atomic mass is 9.95. The molecular weight excluding hydrogens is 486 g/mol. The molecule has 2 aliphatic rings. The molecule has 0 saturated heterocycles. The van der Waals surface area contributed by atoms with Gasteiger partial charge in [0.1, 0.15) is 19.3 Å². The Hall–Kier alpha value is -3.47. The van der Waals surface area contributed by atoms with Crippen LogP contribution in [0.5, 0.6) is 11.5 Å². The first-order valence-corrected chi connectivity index (χ1v) is 13.4. The number of hydrogen-bond acceptors (Lipinski definition) is 7. The molecule has 3 heterocycles. The molecule has 0 saturated carbocycles. The highest BCUT2D eigenvalue weighted by Crippen LogP contribution is 2.36. The zero-order valence-corrected chi connectivity index (χ0v) is 20.1. The number of amides is 1. The van der Waals surface area contributed by atoms with Crippen molar-refractivity contribution in [3.63, 3.8) is 0 Å². The maximum atomic E-state index is 13.8. The van der Waals surface area contributed by atoms with E-state index in [-0.39, 0.29) is 17.9 Å². The van der Waals surface area contributed by atoms with Crippen LogP contribution in [0.2, 0.25) is 0 Å². The molecule has 10 heteroatoms. The lowest BCUT2D eigenvalue weighted by Gasteiger charge is -2.35. The van der Waals surface area contributed by atoms with E-state index in [4.69, 9.17) is 9.47 Å². The number of benzene rings is 3. The molecule has 0 radical (unpaired) electrons. The Morgan fingerprint density at radius 1 is 0.971 bits per heavy atom. The first kappa shape index (κ1) is 22.0. The molecule has 1 amide bonds. The van der Waals surface area contributed by atoms with Crippen molar-refractivity contribution in [2.75, 3.05) is 18.5 Å². The lowest BCUT2D eigenvalue weighted by molar-refractivity contribution is -0.120. The molecule has 1 unspecified atom stereocenters. The predicted molar refractivity (Wildman–Crippen MR) is 132 cm³/mol. The maximum Gasteiger partial charge on any atom is 0.244 e. The monoisotopic (exact) mass is 507 g/mol. The Labute approximate surface area is 206 Å². The lowest BCUT2D eigenvalue weighted by Crippen LogP contribution is -2.50. The van der Waals surface area contributed by atoms with E-state index in [1.807, 2.05) is 48.5 Å². The van der Waals surface area contributed by atoms with Gasteiger partial charge in [0.2, 0.25) is 15.9 Å². The van der Waals surface area contributed by atoms with Gasteiger partial charge in [0, 0.05) is 12.6 Å². The SMILES string of the molecule is O=C(Nc1nc2ccccc2s1)C1Cc2ccccc2CN1S(=O)(=O)c1ccc2c(c1)OCCO2. The van der Waals surface area contributed by atoms with Crippen LogP contribution in [0.25, 0.3) is 10.2 Å². The summed E-state index contributed by atoms with van der Waals surface area (Å²) in [7, 11) is -4.03. The van der Waals surface area contributed by atoms with Gasteiger partial charge in [-0.3, -0.25) is 4.79 Å². The summed E-state index contributed by atoms with van der Waals surface area (Å²) in [4.78, 5) is 18.0. The fourth-order valence-electron chi connectivity index (χ4n) is 4.41. The Morgan fingerprint density at radius 2 is 1.71 bits per heavy atom. The van der Waals surface area contributed by atoms with Crippen molar-refractivity contribution in [3.8, 4) is 11.5 Å². The van der Waals surface area contributed by atoms with Crippen molar-refractivity contribution in [2.45, 2.75) is 23.9 Å². The van der Waals surface area contributed by atoms with Crippen molar-refractivity contribution in [3.05, 3.63) is 77.9 Å². The van der Waals surface area contributed by atoms with Gasteiger partial charge >= 0.3 is 0 Å². The number of carbonyl (C=O) groups excluding carboxylic acids is 1. The molecule has 0 spiro atoms. The summed E-state index contributed by atoms with van der Waals surface area (Å²) in [5.41, 5.74) is 2.60. The van der Waals surface area contributed by atoms with E-state index in [1.165, 1.54) is 27.8 Å². The van der Waals surface area contributed by atoms with Crippen molar-refractivity contribution in [2.24, 2.45) is 0 Å². The van der Waals surface area contributed by atoms with E-state index in [0.29, 0.717) is 29.8 Å². The van der Waals surface area contributed by atoms with Crippen molar-refractivity contribution in [1.29, 1.82) is 0 Å². The van der Waals surface area contributed by atoms with Gasteiger partial charge in [0.05, 0.1) is 15.1 Å². The standard InChI is InChI=1S/C25H21N3O5S2/c29-24(27-25-26-19-7-3-4-8-23(19)34-25)20-13-16-5-1-2-6-17(16)15-28(20)35(30,31)18-9-10-21-22(14-18)33-12-11-32-21/h1-10,14,20H,11-13,15H2,(H,26,27,29). The molecule has 1 aromatic heterocycles. The van der Waals surface area contributed by atoms with Gasteiger partial charge in [0.15, 0.2) is 16.6 Å². The minimum atomic E-state index is -4.03. The van der Waals surface area contributed by atoms with Crippen LogP contribution in [-0.4, -0.2) is 42.9 Å². The van der Waals surface area contributed by atoms with Gasteiger partial charge in [-0.15, -0.1) is 0 Å². The van der Waals surface area contributed by atoms with Gasteiger partial charge < -0.3 is 14.8 Å². The van der Waals surface area contributed by atoms with Gasteiger partial charge in [-0.2, -0.15) is 4.31 Å². The third kappa shape index (κ3) is 4.03. The maximum absolute atomic E-state index is 13.8. The van der Waals surface area contributed by atoms with E-state index in [9.17, 15) is 13.2 Å². The van der Waals surface area contributed by atoms with Crippen LogP contribution in [0.1, 0.15) is 11.1 Å². The normalized spacial score (nSPS) is 17.7. The highest BCUT2D eigenvalue weighted by Gasteiger charge is 2.40. The Balaban J connectivity index is 1.36. The number of hydrogen-bond donors (Lipinski definition) is 1. The van der Waals surface area contributed by atoms with E-state index in [1.54, 1.807) is 6.07 Å². The van der Waals surface area contributed by atoms with Crippen LogP contribution in [-0.2, 0) is 27.8 Å². The van der Waals surface area contributed by atoms with E-state index in [0.717, 1.165) is 21.3 Å². The van der Waals surface area contributed by atoms with E-state index in [2.05, 4.69) is 10.3 Å². The number of ether oxygens (including phenoxy) is 2. The zero-order valence-electron chi connectivity index (χ0n) is 18.5. The fraction of sp³-hybridized carbons (Fsp3) is 0.200. The summed E-state index contributed by atoms with van der Waals surface area (Å²) in [6.45, 7) is 0.849. The summed E-state index contributed by atoms with van der Waals surface area (Å²) >= 11 is 1.35. The van der Waals surface area contributed by atoms with Crippen LogP contribution < -0.4 is 14.8 Å². The largest absolute Gasteiger partial charge is 0.486 e. The predicted octanol–water partition coefficient (Wildman–Crippen LogP) is 3.82. The minimum Gasteiger partial charge on any atom is -0.486 e. The molecule has 0 fully saturated rings. The molecule has 4 aromatic rings. The van der Waals surface area contributed by atoms with Crippen molar-refractivity contribution in [1.82, 2.24) is 9.29 Å². The molecule has 3 aromatic carbocycles. The first-order chi connectivity index (χ1) is 17.0. The van der Waals surface area contributed by atoms with Gasteiger partial charge in [-0.25, -0.2) is 13.4 Å². The number of nitrogens with one attached hydrogen (secondary N) is 1. The molecular formula is C25H21N3O5S2. The molecule has 0 aliphatic carbocycles. The topological polar surface area (TPSA) is 97.8 Å². The summed E-state index contributed by atoms with van der Waals surface area (Å²) in [6.07, 6.45) is 0.261. The first-order valence-electron chi connectivity index (χ1n) is 11.1. The van der Waals surface area contributed by atoms with E-state index < -0.39 is 22.0 Å². The van der Waals surface area contributed by atoms with E-state index >= 15 is 0 Å². The van der Waals surface area contributed by atoms with Crippen LogP contribution >= 0.6 is 11.3 Å². The smallest absolute Gasteiger partial charge is 0.244 e. The number of carbonyl (C=O) groups is 1. The average Bonchev–Trinajstić information content (AvgIpc) is 3.30. The molecule has 8 nitrogen and oxygen atoms in total. The number of nitrogens with zero attached hydrogens (tertiary/aromatic N) is 2. The Bertz CT molecular complexity index is 1520. The third-order valence-electron chi connectivity index (χ3n) is 6.15. The number of rotatable bonds is 4. The molecule has 2 aliphatic heterocycles. The molecule has 178 valence electrons. The zero-order chi connectivity index (χ0) is 24.0. The summed E-state index contributed by atoms with van der Waals surface area (Å²) in [5.74, 6) is 0.467. The Morgan fingerprint density at radius 3 is 2.54 bits per heavy atom. The molecule has 6 rings (SSSR count). The molecule has 1 N–H and O–H groups in total. The second-order valence-corrected chi connectivity index (χ2v) is 11.2. The summed E-state index contributed by atoms with van der Waals surface area (Å²) in [6, 6.07) is 18.8. The van der Waals surface area contributed by atoms with Crippen LogP contribution in [0, 0.1) is 0 Å². The van der Waals surface area contributed by atoms with Crippen LogP contribution in [0.4, 0.5) is 5.13 Å². The van der Waals surface area contributed by atoms with Crippen LogP contribution in [0.15, 0.2) is 71.6 Å². The Kier molecular flexibility index (Phi) is 5.43. The average molecular weight is 508 g/mol. The highest BCUT2D eigenvalue weighted by atomic mass is 32.2. The number of aromatic nitrogens is 1. The molecule has 0 bridgehead atoms. The molecule has 1 atom stereocenters. The van der Waals surface area contributed by atoms with Crippen molar-refractivity contribution < 1.29 is 22.7 Å². The fourth-order valence-corrected chi connectivity index (χ4v) is 6.86. The quantitative estimate of drug-likeness (QED) is 0.451. The highest BCUT2D eigenvalue weighted by molar-refractivity contribution is 7.89.